The predicted octanol–water partition coefficient (Wildman–Crippen LogP) is 1.99. The average molecular weight is 272 g/mol. The molecule has 1 rings (SSSR count). The summed E-state index contributed by atoms with van der Waals surface area (Å²) in [6.45, 7) is 5.14. The van der Waals surface area contributed by atoms with Gasteiger partial charge in [0.05, 0.1) is 6.10 Å². The van der Waals surface area contributed by atoms with Crippen molar-refractivity contribution in [1.29, 1.82) is 0 Å². The van der Waals surface area contributed by atoms with E-state index in [9.17, 15) is 4.79 Å². The summed E-state index contributed by atoms with van der Waals surface area (Å²) in [7, 11) is 0. The lowest BCUT2D eigenvalue weighted by Crippen LogP contribution is -2.48. The molecule has 0 aliphatic heterocycles. The number of hydrogen-bond acceptors (Lipinski definition) is 3. The Balaban J connectivity index is 2.63. The van der Waals surface area contributed by atoms with Crippen molar-refractivity contribution >= 4 is 17.5 Å². The van der Waals surface area contributed by atoms with Crippen LogP contribution < -0.4 is 10.1 Å². The Bertz CT molecular complexity index is 401. The van der Waals surface area contributed by atoms with E-state index in [4.69, 9.17) is 21.4 Å². The number of benzene rings is 1. The number of amides is 1. The maximum absolute atomic E-state index is 11.9. The molecule has 4 nitrogen and oxygen atoms in total. The van der Waals surface area contributed by atoms with E-state index in [0.717, 1.165) is 0 Å². The highest BCUT2D eigenvalue weighted by atomic mass is 35.5. The van der Waals surface area contributed by atoms with E-state index in [2.05, 4.69) is 5.32 Å². The van der Waals surface area contributed by atoms with Crippen molar-refractivity contribution < 1.29 is 14.6 Å². The van der Waals surface area contributed by atoms with E-state index < -0.39 is 11.7 Å². The number of hydrogen-bond donors (Lipinski definition) is 2. The normalized spacial score (nSPS) is 12.9. The molecule has 18 heavy (non-hydrogen) atoms. The number of aliphatic hydroxyl groups is 1. The predicted molar refractivity (Wildman–Crippen MR) is 70.8 cm³/mol. The van der Waals surface area contributed by atoms with Gasteiger partial charge in [-0.3, -0.25) is 4.79 Å². The maximum atomic E-state index is 11.9. The molecule has 1 aromatic carbocycles. The SMILES string of the molecule is CC(O)CNC(=O)C(C)(C)Oc1ccc(Cl)cc1. The van der Waals surface area contributed by atoms with Crippen LogP contribution in [0.25, 0.3) is 0 Å². The highest BCUT2D eigenvalue weighted by molar-refractivity contribution is 6.30. The summed E-state index contributed by atoms with van der Waals surface area (Å²) in [4.78, 5) is 11.9. The third-order valence-electron chi connectivity index (χ3n) is 2.29. The summed E-state index contributed by atoms with van der Waals surface area (Å²) in [6, 6.07) is 6.79. The van der Waals surface area contributed by atoms with Gasteiger partial charge in [-0.05, 0) is 45.0 Å². The van der Waals surface area contributed by atoms with E-state index in [0.29, 0.717) is 10.8 Å². The first kappa shape index (κ1) is 14.8. The fourth-order valence-electron chi connectivity index (χ4n) is 1.30. The lowest BCUT2D eigenvalue weighted by Gasteiger charge is -2.25. The van der Waals surface area contributed by atoms with E-state index in [1.807, 2.05) is 0 Å². The van der Waals surface area contributed by atoms with Gasteiger partial charge in [0.15, 0.2) is 5.60 Å². The summed E-state index contributed by atoms with van der Waals surface area (Å²) in [5, 5.41) is 12.3. The van der Waals surface area contributed by atoms with E-state index >= 15 is 0 Å². The molecule has 0 aliphatic carbocycles. The van der Waals surface area contributed by atoms with Gasteiger partial charge in [0.1, 0.15) is 5.75 Å². The fraction of sp³-hybridized carbons (Fsp3) is 0.462. The van der Waals surface area contributed by atoms with Gasteiger partial charge in [0.25, 0.3) is 5.91 Å². The summed E-state index contributed by atoms with van der Waals surface area (Å²) >= 11 is 5.77. The minimum Gasteiger partial charge on any atom is -0.478 e. The molecule has 0 saturated heterocycles. The zero-order chi connectivity index (χ0) is 13.8. The first-order valence-electron chi connectivity index (χ1n) is 5.72. The standard InChI is InChI=1S/C13H18ClNO3/c1-9(16)8-15-12(17)13(2,3)18-11-6-4-10(14)5-7-11/h4-7,9,16H,8H2,1-3H3,(H,15,17). The average Bonchev–Trinajstić information content (AvgIpc) is 2.28. The van der Waals surface area contributed by atoms with E-state index in [1.165, 1.54) is 0 Å². The molecular formula is C13H18ClNO3. The van der Waals surface area contributed by atoms with Crippen LogP contribution in [0.5, 0.6) is 5.75 Å². The minimum absolute atomic E-state index is 0.201. The van der Waals surface area contributed by atoms with Gasteiger partial charge in [-0.15, -0.1) is 0 Å². The van der Waals surface area contributed by atoms with Crippen molar-refractivity contribution in [2.45, 2.75) is 32.5 Å². The van der Waals surface area contributed by atoms with Gasteiger partial charge in [-0.2, -0.15) is 0 Å². The number of ether oxygens (including phenoxy) is 1. The second-order valence-corrected chi connectivity index (χ2v) is 5.06. The Labute approximate surface area is 112 Å². The Morgan fingerprint density at radius 1 is 1.44 bits per heavy atom. The van der Waals surface area contributed by atoms with Crippen LogP contribution >= 0.6 is 11.6 Å². The molecule has 1 unspecified atom stereocenters. The molecular weight excluding hydrogens is 254 g/mol. The summed E-state index contributed by atoms with van der Waals surface area (Å²) in [6.07, 6.45) is -0.583. The summed E-state index contributed by atoms with van der Waals surface area (Å²) < 4.78 is 5.60. The Kier molecular flexibility index (Phi) is 4.99. The first-order valence-corrected chi connectivity index (χ1v) is 6.10. The monoisotopic (exact) mass is 271 g/mol. The molecule has 100 valence electrons. The van der Waals surface area contributed by atoms with Gasteiger partial charge in [0, 0.05) is 11.6 Å². The second kappa shape index (κ2) is 6.07. The van der Waals surface area contributed by atoms with Gasteiger partial charge in [0.2, 0.25) is 0 Å². The maximum Gasteiger partial charge on any atom is 0.263 e. The van der Waals surface area contributed by atoms with E-state index in [1.54, 1.807) is 45.0 Å². The smallest absolute Gasteiger partial charge is 0.263 e. The third-order valence-corrected chi connectivity index (χ3v) is 2.54. The van der Waals surface area contributed by atoms with Gasteiger partial charge < -0.3 is 15.2 Å². The van der Waals surface area contributed by atoms with Crippen molar-refractivity contribution in [3.05, 3.63) is 29.3 Å². The molecule has 0 fully saturated rings. The van der Waals surface area contributed by atoms with Gasteiger partial charge in [-0.25, -0.2) is 0 Å². The van der Waals surface area contributed by atoms with Crippen molar-refractivity contribution in [2.24, 2.45) is 0 Å². The fourth-order valence-corrected chi connectivity index (χ4v) is 1.42. The van der Waals surface area contributed by atoms with Crippen molar-refractivity contribution in [3.63, 3.8) is 0 Å². The van der Waals surface area contributed by atoms with Crippen LogP contribution in [0.3, 0.4) is 0 Å². The van der Waals surface area contributed by atoms with Crippen LogP contribution in [-0.4, -0.2) is 29.3 Å². The zero-order valence-electron chi connectivity index (χ0n) is 10.7. The Hall–Kier alpha value is -1.26. The number of nitrogens with one attached hydrogen (secondary N) is 1. The number of aliphatic hydroxyl groups excluding tert-OH is 1. The number of carbonyl (C=O) groups excluding carboxylic acids is 1. The molecule has 0 heterocycles. The van der Waals surface area contributed by atoms with Crippen LogP contribution in [0.15, 0.2) is 24.3 Å². The molecule has 0 saturated carbocycles. The first-order chi connectivity index (χ1) is 8.31. The molecule has 2 N–H and O–H groups in total. The lowest BCUT2D eigenvalue weighted by atomic mass is 10.1. The second-order valence-electron chi connectivity index (χ2n) is 4.63. The molecule has 0 aliphatic rings. The number of halogens is 1. The largest absolute Gasteiger partial charge is 0.478 e. The number of rotatable bonds is 5. The van der Waals surface area contributed by atoms with Crippen molar-refractivity contribution in [3.8, 4) is 5.75 Å². The van der Waals surface area contributed by atoms with Crippen LogP contribution in [-0.2, 0) is 4.79 Å². The number of carbonyl (C=O) groups is 1. The van der Waals surface area contributed by atoms with Gasteiger partial charge in [-0.1, -0.05) is 11.6 Å². The van der Waals surface area contributed by atoms with Crippen molar-refractivity contribution in [2.75, 3.05) is 6.54 Å². The molecule has 0 spiro atoms. The molecule has 1 amide bonds. The van der Waals surface area contributed by atoms with Crippen LogP contribution in [0, 0.1) is 0 Å². The Morgan fingerprint density at radius 2 is 2.00 bits per heavy atom. The Morgan fingerprint density at radius 3 is 2.50 bits per heavy atom. The lowest BCUT2D eigenvalue weighted by molar-refractivity contribution is -0.134. The highest BCUT2D eigenvalue weighted by Gasteiger charge is 2.29. The van der Waals surface area contributed by atoms with Crippen molar-refractivity contribution in [1.82, 2.24) is 5.32 Å². The molecule has 0 bridgehead atoms. The topological polar surface area (TPSA) is 58.6 Å². The molecule has 1 aromatic rings. The third kappa shape index (κ3) is 4.55. The van der Waals surface area contributed by atoms with Gasteiger partial charge >= 0.3 is 0 Å². The molecule has 1 atom stereocenters. The molecule has 0 radical (unpaired) electrons. The summed E-state index contributed by atoms with van der Waals surface area (Å²) in [5.74, 6) is 0.287. The summed E-state index contributed by atoms with van der Waals surface area (Å²) in [5.41, 5.74) is -1.01. The quantitative estimate of drug-likeness (QED) is 0.861. The minimum atomic E-state index is -1.01. The van der Waals surface area contributed by atoms with E-state index in [-0.39, 0.29) is 12.5 Å². The van der Waals surface area contributed by atoms with Crippen LogP contribution in [0.2, 0.25) is 5.02 Å². The van der Waals surface area contributed by atoms with Crippen LogP contribution in [0.4, 0.5) is 0 Å². The molecule has 0 aromatic heterocycles. The van der Waals surface area contributed by atoms with Crippen LogP contribution in [0.1, 0.15) is 20.8 Å². The molecule has 5 heteroatoms. The zero-order valence-corrected chi connectivity index (χ0v) is 11.5. The highest BCUT2D eigenvalue weighted by Crippen LogP contribution is 2.20.